The molecule has 3 aliphatic heterocycles. The number of amides is 8. The molecule has 0 aromatic heterocycles. The average Bonchev–Trinajstić information content (AvgIpc) is 3.96. The van der Waals surface area contributed by atoms with Crippen LogP contribution in [0.1, 0.15) is 130 Å². The maximum Gasteiger partial charge on any atom is 0.248 e. The summed E-state index contributed by atoms with van der Waals surface area (Å²) in [4.78, 5) is 113. The van der Waals surface area contributed by atoms with Crippen LogP contribution in [0.15, 0.2) is 24.3 Å². The predicted molar refractivity (Wildman–Crippen MR) is 274 cm³/mol. The normalized spacial score (nSPS) is 28.3. The van der Waals surface area contributed by atoms with E-state index in [1.165, 1.54) is 37.6 Å². The first-order chi connectivity index (χ1) is 35.9. The Balaban J connectivity index is 1.68. The molecule has 0 saturated carbocycles. The van der Waals surface area contributed by atoms with E-state index in [1.54, 1.807) is 0 Å². The molecule has 0 bridgehead atoms. The minimum absolute atomic E-state index is 0.0549. The van der Waals surface area contributed by atoms with Gasteiger partial charge in [-0.15, -0.1) is 0 Å². The summed E-state index contributed by atoms with van der Waals surface area (Å²) in [5.41, 5.74) is 0.349. The van der Waals surface area contributed by atoms with Crippen LogP contribution in [0.5, 0.6) is 5.75 Å². The maximum absolute atomic E-state index is 14.5. The Morgan fingerprint density at radius 2 is 1.32 bits per heavy atom. The van der Waals surface area contributed by atoms with Crippen molar-refractivity contribution in [3.05, 3.63) is 29.8 Å². The number of phenols is 1. The molecule has 0 spiro atoms. The van der Waals surface area contributed by atoms with Gasteiger partial charge in [-0.05, 0) is 62.1 Å². The molecule has 428 valence electrons. The van der Waals surface area contributed by atoms with Crippen LogP contribution in [0.3, 0.4) is 0 Å². The Hall–Kier alpha value is -5.50. The number of phenolic OH excluding ortho intramolecular Hbond substituents is 1. The fourth-order valence-corrected chi connectivity index (χ4v) is 10.0. The van der Waals surface area contributed by atoms with Crippen LogP contribution in [0.25, 0.3) is 0 Å². The largest absolute Gasteiger partial charge is 0.508 e. The minimum atomic E-state index is -2.23. The molecule has 15 atom stereocenters. The molecular formula is C52H84N8O16. The molecule has 14 N–H and O–H groups in total. The lowest BCUT2D eigenvalue weighted by molar-refractivity contribution is -0.148. The number of nitrogens with one attached hydrogen (secondary N) is 6. The van der Waals surface area contributed by atoms with Crippen LogP contribution in [-0.4, -0.2) is 197 Å². The fourth-order valence-electron chi connectivity index (χ4n) is 10.0. The molecule has 76 heavy (non-hydrogen) atoms. The summed E-state index contributed by atoms with van der Waals surface area (Å²) in [6.45, 7) is 7.95. The number of benzene rings is 1. The van der Waals surface area contributed by atoms with E-state index in [1.807, 2.05) is 0 Å². The summed E-state index contributed by atoms with van der Waals surface area (Å²) in [6.07, 6.45) is -6.37. The van der Waals surface area contributed by atoms with Crippen LogP contribution in [0.2, 0.25) is 0 Å². The number of rotatable bonds is 21. The van der Waals surface area contributed by atoms with Gasteiger partial charge in [0.25, 0.3) is 0 Å². The number of hydrogen-bond acceptors (Lipinski definition) is 16. The molecule has 3 fully saturated rings. The lowest BCUT2D eigenvalue weighted by atomic mass is 9.91. The molecule has 1 aromatic carbocycles. The van der Waals surface area contributed by atoms with Crippen molar-refractivity contribution in [2.45, 2.75) is 210 Å². The molecule has 4 rings (SSSR count). The van der Waals surface area contributed by atoms with Gasteiger partial charge in [-0.2, -0.15) is 0 Å². The summed E-state index contributed by atoms with van der Waals surface area (Å²) >= 11 is 0. The van der Waals surface area contributed by atoms with Crippen molar-refractivity contribution in [3.8, 4) is 5.75 Å². The van der Waals surface area contributed by atoms with Gasteiger partial charge in [0.2, 0.25) is 47.3 Å². The third-order valence-corrected chi connectivity index (χ3v) is 14.6. The first kappa shape index (κ1) is 63.0. The summed E-state index contributed by atoms with van der Waals surface area (Å²) in [7, 11) is 0. The zero-order valence-corrected chi connectivity index (χ0v) is 44.4. The molecule has 1 aromatic rings. The number of unbranched alkanes of at least 4 members (excludes halogenated alkanes) is 5. The van der Waals surface area contributed by atoms with E-state index >= 15 is 0 Å². The highest BCUT2D eigenvalue weighted by atomic mass is 16.3. The van der Waals surface area contributed by atoms with Gasteiger partial charge in [-0.1, -0.05) is 77.8 Å². The highest BCUT2D eigenvalue weighted by molar-refractivity contribution is 5.98. The van der Waals surface area contributed by atoms with Gasteiger partial charge in [-0.25, -0.2) is 0 Å². The second-order valence-corrected chi connectivity index (χ2v) is 21.1. The van der Waals surface area contributed by atoms with E-state index in [0.717, 1.165) is 55.2 Å². The number of aliphatic hydroxyl groups excluding tert-OH is 7. The van der Waals surface area contributed by atoms with Crippen LogP contribution >= 0.6 is 0 Å². The summed E-state index contributed by atoms with van der Waals surface area (Å²) < 4.78 is 0. The molecule has 24 nitrogen and oxygen atoms in total. The van der Waals surface area contributed by atoms with E-state index in [0.29, 0.717) is 30.2 Å². The second kappa shape index (κ2) is 30.4. The molecule has 3 aliphatic rings. The topological polar surface area (TPSA) is 377 Å². The summed E-state index contributed by atoms with van der Waals surface area (Å²) in [5, 5.41) is 103. The fraction of sp³-hybridized carbons (Fsp3) is 0.731. The number of hydrogen-bond donors (Lipinski definition) is 14. The Bertz CT molecular complexity index is 2100. The zero-order chi connectivity index (χ0) is 56.4. The minimum Gasteiger partial charge on any atom is -0.508 e. The molecule has 2 unspecified atom stereocenters. The van der Waals surface area contributed by atoms with Crippen LogP contribution in [0, 0.1) is 11.8 Å². The van der Waals surface area contributed by atoms with Crippen molar-refractivity contribution >= 4 is 47.3 Å². The van der Waals surface area contributed by atoms with Crippen molar-refractivity contribution in [2.24, 2.45) is 11.8 Å². The SMILES string of the molecule is CCC(C)CC(C)CCCCCCCCC(=O)N[C@H]1C[C@@H](O)[C@@H](O)NC(=O)[C@@H]2[C@@H](O)CCN2C(=O)[C@H]([C@H](O)CCNC(C)=O)NC(=O)[C@H]([C@H](O)Cc2ccc(O)cc2)NC(=O)[C@@H]2C[C@@H](O)CN2C(=O)[C@H]([C@@H](C)O)NC1=O. The Morgan fingerprint density at radius 3 is 1.96 bits per heavy atom. The van der Waals surface area contributed by atoms with Gasteiger partial charge in [-0.3, -0.25) is 38.4 Å². The molecule has 0 radical (unpaired) electrons. The molecule has 24 heteroatoms. The quantitative estimate of drug-likeness (QED) is 0.0582. The van der Waals surface area contributed by atoms with Crippen LogP contribution < -0.4 is 31.9 Å². The number of carbonyl (C=O) groups is 8. The molecule has 3 saturated heterocycles. The molecular weight excluding hydrogens is 993 g/mol. The Labute approximate surface area is 444 Å². The molecule has 0 aliphatic carbocycles. The van der Waals surface area contributed by atoms with Gasteiger partial charge in [0.1, 0.15) is 48.1 Å². The second-order valence-electron chi connectivity index (χ2n) is 21.1. The highest BCUT2D eigenvalue weighted by Crippen LogP contribution is 2.25. The third kappa shape index (κ3) is 18.9. The zero-order valence-electron chi connectivity index (χ0n) is 44.4. The smallest absolute Gasteiger partial charge is 0.248 e. The standard InChI is InChI=1S/C52H84N8O16/c1-6-28(2)23-29(3)13-11-9-7-8-10-12-14-41(69)54-35-26-40(68)48(72)58-50(74)45-38(66)20-22-59(45)52(76)44(37(65)19-21-53-31(5)62)57-49(73)43(39(67)24-32-15-17-33(63)18-16-32)56-47(71)36-25-34(64)27-60(36)51(75)42(30(4)61)55-46(35)70/h15-18,28-30,34-40,42-45,48,61,63-68,72H,6-14,19-27H2,1-5H3,(H,53,62)(H,54,69)(H,55,70)(H,56,71)(H,57,73)(H,58,74)/t28?,29?,30-,34-,35+,36+,37-,38+,39-,40-,42+,43+,44+,45+,48-/m1/s1. The number of aliphatic hydroxyl groups is 7. The van der Waals surface area contributed by atoms with E-state index < -0.39 is 146 Å². The van der Waals surface area contributed by atoms with E-state index in [9.17, 15) is 79.2 Å². The summed E-state index contributed by atoms with van der Waals surface area (Å²) in [5.74, 6) is -6.99. The van der Waals surface area contributed by atoms with E-state index in [2.05, 4.69) is 52.7 Å². The average molecular weight is 1080 g/mol. The van der Waals surface area contributed by atoms with Crippen LogP contribution in [0.4, 0.5) is 0 Å². The van der Waals surface area contributed by atoms with Crippen molar-refractivity contribution in [2.75, 3.05) is 19.6 Å². The predicted octanol–water partition coefficient (Wildman–Crippen LogP) is -2.18. The first-order valence-electron chi connectivity index (χ1n) is 26.8. The van der Waals surface area contributed by atoms with Gasteiger partial charge in [0, 0.05) is 52.2 Å². The van der Waals surface area contributed by atoms with Crippen molar-refractivity contribution in [3.63, 3.8) is 0 Å². The molecule has 3 heterocycles. The van der Waals surface area contributed by atoms with Crippen LogP contribution in [-0.2, 0) is 44.8 Å². The maximum atomic E-state index is 14.5. The van der Waals surface area contributed by atoms with Crippen molar-refractivity contribution in [1.82, 2.24) is 41.7 Å². The number of nitrogens with zero attached hydrogens (tertiary/aromatic N) is 2. The Morgan fingerprint density at radius 1 is 0.697 bits per heavy atom. The van der Waals surface area contributed by atoms with Gasteiger partial charge >= 0.3 is 0 Å². The van der Waals surface area contributed by atoms with Gasteiger partial charge in [0.15, 0.2) is 6.23 Å². The monoisotopic (exact) mass is 1080 g/mol. The van der Waals surface area contributed by atoms with E-state index in [4.69, 9.17) is 0 Å². The first-order valence-corrected chi connectivity index (χ1v) is 26.8. The van der Waals surface area contributed by atoms with Gasteiger partial charge in [0.05, 0.1) is 30.5 Å². The highest BCUT2D eigenvalue weighted by Gasteiger charge is 2.48. The molecule has 8 amide bonds. The summed E-state index contributed by atoms with van der Waals surface area (Å²) in [6, 6.07) is -5.66. The number of carbonyl (C=O) groups excluding carboxylic acids is 8. The van der Waals surface area contributed by atoms with Gasteiger partial charge < -0.3 is 82.6 Å². The lowest BCUT2D eigenvalue weighted by Gasteiger charge is -2.34. The number of fused-ring (bicyclic) bond motifs is 2. The van der Waals surface area contributed by atoms with E-state index in [-0.39, 0.29) is 44.5 Å². The van der Waals surface area contributed by atoms with Crippen molar-refractivity contribution in [1.29, 1.82) is 0 Å². The van der Waals surface area contributed by atoms with Crippen molar-refractivity contribution < 1.29 is 79.2 Å². The Kier molecular flexibility index (Phi) is 25.2. The number of aromatic hydroxyl groups is 1. The lowest BCUT2D eigenvalue weighted by Crippen LogP contribution is -2.64. The third-order valence-electron chi connectivity index (χ3n) is 14.6.